The van der Waals surface area contributed by atoms with Gasteiger partial charge < -0.3 is 14.7 Å². The van der Waals surface area contributed by atoms with Gasteiger partial charge in [0.2, 0.25) is 11.8 Å². The number of hydrogen-bond acceptors (Lipinski definition) is 5. The molecule has 0 spiro atoms. The van der Waals surface area contributed by atoms with Crippen LogP contribution in [0, 0.1) is 5.82 Å². The standard InChI is InChI=1S/C26H28FN3O4/c1-19(20-5-3-2-4-6-20)15-24(31)29-13-11-26(33,12-14-29)17-30-18-28-23(16-25(30)32)34-22-9-7-21(27)8-10-22/h2-10,16,18-19,33H,11-15,17H2,1H3/t19-/m1/s1. The average Bonchev–Trinajstić information content (AvgIpc) is 2.83. The van der Waals surface area contributed by atoms with Gasteiger partial charge in [0.05, 0.1) is 18.2 Å². The fourth-order valence-electron chi connectivity index (χ4n) is 4.15. The van der Waals surface area contributed by atoms with Crippen LogP contribution in [-0.2, 0) is 11.3 Å². The maximum absolute atomic E-state index is 13.0. The summed E-state index contributed by atoms with van der Waals surface area (Å²) in [5.41, 5.74) is -0.342. The largest absolute Gasteiger partial charge is 0.439 e. The minimum Gasteiger partial charge on any atom is -0.439 e. The highest BCUT2D eigenvalue weighted by molar-refractivity contribution is 5.77. The van der Waals surface area contributed by atoms with Crippen molar-refractivity contribution in [3.8, 4) is 11.6 Å². The minimum absolute atomic E-state index is 0.0690. The van der Waals surface area contributed by atoms with Gasteiger partial charge in [-0.15, -0.1) is 0 Å². The Labute approximate surface area is 197 Å². The van der Waals surface area contributed by atoms with Gasteiger partial charge in [0.15, 0.2) is 0 Å². The van der Waals surface area contributed by atoms with Crippen LogP contribution in [0.1, 0.15) is 37.7 Å². The Morgan fingerprint density at radius 2 is 1.82 bits per heavy atom. The van der Waals surface area contributed by atoms with Gasteiger partial charge in [-0.2, -0.15) is 0 Å². The van der Waals surface area contributed by atoms with E-state index in [1.807, 2.05) is 37.3 Å². The molecule has 8 heteroatoms. The molecule has 0 radical (unpaired) electrons. The first-order chi connectivity index (χ1) is 16.3. The number of ether oxygens (including phenoxy) is 1. The highest BCUT2D eigenvalue weighted by Crippen LogP contribution is 2.26. The van der Waals surface area contributed by atoms with Crippen molar-refractivity contribution in [1.29, 1.82) is 0 Å². The SMILES string of the molecule is C[C@H](CC(=O)N1CCC(O)(Cn2cnc(Oc3ccc(F)cc3)cc2=O)CC1)c1ccccc1. The van der Waals surface area contributed by atoms with Crippen LogP contribution in [0.5, 0.6) is 11.6 Å². The number of amides is 1. The van der Waals surface area contributed by atoms with Crippen LogP contribution >= 0.6 is 0 Å². The van der Waals surface area contributed by atoms with Crippen molar-refractivity contribution in [2.75, 3.05) is 13.1 Å². The van der Waals surface area contributed by atoms with Crippen LogP contribution in [0.25, 0.3) is 0 Å². The van der Waals surface area contributed by atoms with E-state index in [9.17, 15) is 19.1 Å². The molecule has 178 valence electrons. The van der Waals surface area contributed by atoms with Crippen LogP contribution in [0.15, 0.2) is 71.8 Å². The molecule has 1 atom stereocenters. The Bertz CT molecular complexity index is 1170. The van der Waals surface area contributed by atoms with Crippen molar-refractivity contribution in [1.82, 2.24) is 14.5 Å². The molecular formula is C26H28FN3O4. The predicted molar refractivity (Wildman–Crippen MR) is 125 cm³/mol. The van der Waals surface area contributed by atoms with Crippen molar-refractivity contribution < 1.29 is 19.0 Å². The summed E-state index contributed by atoms with van der Waals surface area (Å²) in [5.74, 6) is 0.257. The van der Waals surface area contributed by atoms with Crippen LogP contribution in [-0.4, -0.2) is 44.2 Å². The first kappa shape index (κ1) is 23.6. The minimum atomic E-state index is -1.10. The number of likely N-dealkylation sites (tertiary alicyclic amines) is 1. The maximum atomic E-state index is 13.0. The highest BCUT2D eigenvalue weighted by Gasteiger charge is 2.34. The molecule has 2 aromatic carbocycles. The molecule has 7 nitrogen and oxygen atoms in total. The van der Waals surface area contributed by atoms with E-state index in [0.29, 0.717) is 38.1 Å². The zero-order valence-electron chi connectivity index (χ0n) is 19.1. The fraction of sp³-hybridized carbons (Fsp3) is 0.346. The van der Waals surface area contributed by atoms with E-state index in [-0.39, 0.29) is 35.6 Å². The molecule has 2 heterocycles. The Balaban J connectivity index is 1.32. The number of carbonyl (C=O) groups is 1. The lowest BCUT2D eigenvalue weighted by molar-refractivity contribution is -0.136. The zero-order chi connectivity index (χ0) is 24.1. The molecule has 1 aliphatic heterocycles. The third kappa shape index (κ3) is 5.88. The van der Waals surface area contributed by atoms with Crippen molar-refractivity contribution >= 4 is 5.91 Å². The van der Waals surface area contributed by atoms with E-state index in [0.717, 1.165) is 5.56 Å². The maximum Gasteiger partial charge on any atom is 0.257 e. The number of carbonyl (C=O) groups excluding carboxylic acids is 1. The van der Waals surface area contributed by atoms with Crippen LogP contribution in [0.2, 0.25) is 0 Å². The highest BCUT2D eigenvalue weighted by atomic mass is 19.1. The van der Waals surface area contributed by atoms with Gasteiger partial charge in [-0.05, 0) is 48.6 Å². The Morgan fingerprint density at radius 1 is 1.15 bits per heavy atom. The summed E-state index contributed by atoms with van der Waals surface area (Å²) in [7, 11) is 0. The molecule has 1 fully saturated rings. The Kier molecular flexibility index (Phi) is 7.07. The van der Waals surface area contributed by atoms with Crippen molar-refractivity contribution in [3.05, 3.63) is 88.7 Å². The van der Waals surface area contributed by atoms with Gasteiger partial charge in [-0.3, -0.25) is 14.2 Å². The zero-order valence-corrected chi connectivity index (χ0v) is 19.1. The molecular weight excluding hydrogens is 437 g/mol. The molecule has 0 aliphatic carbocycles. The number of halogens is 1. The van der Waals surface area contributed by atoms with Gasteiger partial charge >= 0.3 is 0 Å². The summed E-state index contributed by atoms with van der Waals surface area (Å²) in [6.07, 6.45) is 2.50. The van der Waals surface area contributed by atoms with Crippen molar-refractivity contribution in [3.63, 3.8) is 0 Å². The van der Waals surface area contributed by atoms with E-state index in [4.69, 9.17) is 4.74 Å². The average molecular weight is 466 g/mol. The topological polar surface area (TPSA) is 84.7 Å². The summed E-state index contributed by atoms with van der Waals surface area (Å²) in [5, 5.41) is 11.0. The number of piperidine rings is 1. The molecule has 4 rings (SSSR count). The fourth-order valence-corrected chi connectivity index (χ4v) is 4.15. The number of aromatic nitrogens is 2. The van der Waals surface area contributed by atoms with E-state index >= 15 is 0 Å². The van der Waals surface area contributed by atoms with Crippen LogP contribution < -0.4 is 10.3 Å². The summed E-state index contributed by atoms with van der Waals surface area (Å²) >= 11 is 0. The number of aliphatic hydroxyl groups is 1. The lowest BCUT2D eigenvalue weighted by Crippen LogP contribution is -2.49. The second kappa shape index (κ2) is 10.2. The smallest absolute Gasteiger partial charge is 0.257 e. The van der Waals surface area contributed by atoms with Crippen LogP contribution in [0.4, 0.5) is 4.39 Å². The molecule has 1 N–H and O–H groups in total. The summed E-state index contributed by atoms with van der Waals surface area (Å²) in [4.78, 5) is 31.2. The van der Waals surface area contributed by atoms with Gasteiger partial charge in [0.25, 0.3) is 5.56 Å². The molecule has 34 heavy (non-hydrogen) atoms. The third-order valence-electron chi connectivity index (χ3n) is 6.25. The monoisotopic (exact) mass is 465 g/mol. The molecule has 0 unspecified atom stereocenters. The summed E-state index contributed by atoms with van der Waals surface area (Å²) in [6.45, 7) is 2.99. The summed E-state index contributed by atoms with van der Waals surface area (Å²) in [6, 6.07) is 16.6. The van der Waals surface area contributed by atoms with E-state index in [1.165, 1.54) is 41.2 Å². The lowest BCUT2D eigenvalue weighted by Gasteiger charge is -2.38. The second-order valence-corrected chi connectivity index (χ2v) is 8.87. The first-order valence-electron chi connectivity index (χ1n) is 11.4. The van der Waals surface area contributed by atoms with E-state index in [1.54, 1.807) is 4.90 Å². The van der Waals surface area contributed by atoms with Gasteiger partial charge in [-0.1, -0.05) is 37.3 Å². The van der Waals surface area contributed by atoms with E-state index in [2.05, 4.69) is 4.98 Å². The number of rotatable bonds is 7. The normalized spacial score (nSPS) is 16.1. The molecule has 1 aromatic heterocycles. The van der Waals surface area contributed by atoms with Crippen molar-refractivity contribution in [2.45, 2.75) is 44.2 Å². The molecule has 0 saturated carbocycles. The number of hydrogen-bond donors (Lipinski definition) is 1. The van der Waals surface area contributed by atoms with E-state index < -0.39 is 5.60 Å². The summed E-state index contributed by atoms with van der Waals surface area (Å²) < 4.78 is 19.9. The molecule has 3 aromatic rings. The predicted octanol–water partition coefficient (Wildman–Crippen LogP) is 3.72. The first-order valence-corrected chi connectivity index (χ1v) is 11.4. The van der Waals surface area contributed by atoms with Gasteiger partial charge in [0, 0.05) is 19.5 Å². The molecule has 1 amide bonds. The molecule has 1 aliphatic rings. The second-order valence-electron chi connectivity index (χ2n) is 8.87. The lowest BCUT2D eigenvalue weighted by atomic mass is 9.90. The number of benzene rings is 2. The van der Waals surface area contributed by atoms with Crippen molar-refractivity contribution in [2.24, 2.45) is 0 Å². The third-order valence-corrected chi connectivity index (χ3v) is 6.25. The Morgan fingerprint density at radius 3 is 2.47 bits per heavy atom. The number of nitrogens with zero attached hydrogens (tertiary/aromatic N) is 3. The van der Waals surface area contributed by atoms with Gasteiger partial charge in [0.1, 0.15) is 17.9 Å². The Hall–Kier alpha value is -3.52. The molecule has 0 bridgehead atoms. The van der Waals surface area contributed by atoms with Gasteiger partial charge in [-0.25, -0.2) is 9.37 Å². The molecule has 1 saturated heterocycles. The quantitative estimate of drug-likeness (QED) is 0.575. The van der Waals surface area contributed by atoms with Crippen LogP contribution in [0.3, 0.4) is 0 Å².